The van der Waals surface area contributed by atoms with Crippen LogP contribution < -0.4 is 11.1 Å². The van der Waals surface area contributed by atoms with Gasteiger partial charge in [0.15, 0.2) is 0 Å². The molecule has 3 aromatic rings. The van der Waals surface area contributed by atoms with Gasteiger partial charge in [-0.15, -0.1) is 0 Å². The van der Waals surface area contributed by atoms with E-state index >= 15 is 0 Å². The van der Waals surface area contributed by atoms with Gasteiger partial charge in [0.2, 0.25) is 11.8 Å². The quantitative estimate of drug-likeness (QED) is 0.0878. The first-order valence-electron chi connectivity index (χ1n) is 17.7. The van der Waals surface area contributed by atoms with Crippen LogP contribution in [0.1, 0.15) is 126 Å². The number of nitrogens with one attached hydrogen (secondary N) is 1. The molecule has 3 rings (SSSR count). The van der Waals surface area contributed by atoms with Crippen molar-refractivity contribution in [2.75, 3.05) is 0 Å². The molecule has 0 fully saturated rings. The number of aliphatic carboxylic acids is 1. The molecule has 48 heavy (non-hydrogen) atoms. The molecule has 10 nitrogen and oxygen atoms in total. The minimum absolute atomic E-state index is 0.0294. The van der Waals surface area contributed by atoms with E-state index in [1.54, 1.807) is 41.4 Å². The highest BCUT2D eigenvalue weighted by Crippen LogP contribution is 2.21. The minimum Gasteiger partial charge on any atom is -0.481 e. The zero-order valence-electron chi connectivity index (χ0n) is 28.4. The number of nitrogens with zero attached hydrogens (tertiary/aromatic N) is 3. The van der Waals surface area contributed by atoms with Crippen molar-refractivity contribution in [2.24, 2.45) is 5.73 Å². The van der Waals surface area contributed by atoms with Gasteiger partial charge in [0.1, 0.15) is 11.7 Å². The molecule has 0 spiro atoms. The first-order chi connectivity index (χ1) is 23.3. The van der Waals surface area contributed by atoms with Crippen LogP contribution in [0.15, 0.2) is 60.8 Å². The van der Waals surface area contributed by atoms with E-state index in [1.807, 2.05) is 24.3 Å². The van der Waals surface area contributed by atoms with Crippen LogP contribution in [0.4, 0.5) is 0 Å². The Bertz CT molecular complexity index is 1430. The van der Waals surface area contributed by atoms with E-state index in [2.05, 4.69) is 22.2 Å². The van der Waals surface area contributed by atoms with E-state index in [4.69, 9.17) is 5.73 Å². The number of aromatic nitrogens is 2. The molecule has 0 aliphatic carbocycles. The number of carboxylic acid groups (broad SMARTS) is 1. The highest BCUT2D eigenvalue weighted by Gasteiger charge is 2.32. The van der Waals surface area contributed by atoms with Crippen molar-refractivity contribution in [1.29, 1.82) is 0 Å². The number of carboxylic acids is 1. The summed E-state index contributed by atoms with van der Waals surface area (Å²) in [6.45, 7) is 2.35. The Morgan fingerprint density at radius 3 is 2.12 bits per heavy atom. The number of carbonyl (C=O) groups excluding carboxylic acids is 3. The topological polar surface area (TPSA) is 156 Å². The van der Waals surface area contributed by atoms with Crippen LogP contribution in [-0.2, 0) is 20.9 Å². The molecule has 0 radical (unpaired) electrons. The summed E-state index contributed by atoms with van der Waals surface area (Å²) in [6.07, 6.45) is 15.3. The summed E-state index contributed by atoms with van der Waals surface area (Å²) in [6, 6.07) is 14.7. The van der Waals surface area contributed by atoms with Gasteiger partial charge < -0.3 is 21.1 Å². The van der Waals surface area contributed by atoms with Crippen LogP contribution >= 0.6 is 0 Å². The lowest BCUT2D eigenvalue weighted by Gasteiger charge is -2.34. The lowest BCUT2D eigenvalue weighted by atomic mass is 9.99. The van der Waals surface area contributed by atoms with Gasteiger partial charge in [-0.1, -0.05) is 108 Å². The molecule has 2 heterocycles. The van der Waals surface area contributed by atoms with Crippen LogP contribution in [0, 0.1) is 0 Å². The summed E-state index contributed by atoms with van der Waals surface area (Å²) >= 11 is 0. The van der Waals surface area contributed by atoms with E-state index in [-0.39, 0.29) is 37.9 Å². The summed E-state index contributed by atoms with van der Waals surface area (Å²) in [7, 11) is 0. The first kappa shape index (κ1) is 38.1. The number of carbonyl (C=O) groups is 4. The lowest BCUT2D eigenvalue weighted by Crippen LogP contribution is -2.52. The molecule has 0 aliphatic rings. The van der Waals surface area contributed by atoms with Crippen molar-refractivity contribution >= 4 is 34.6 Å². The normalized spacial score (nSPS) is 12.4. The average Bonchev–Trinajstić information content (AvgIpc) is 3.08. The molecule has 260 valence electrons. The summed E-state index contributed by atoms with van der Waals surface area (Å²) in [5.74, 6) is -2.45. The molecular formula is C38H53N5O5. The van der Waals surface area contributed by atoms with Crippen molar-refractivity contribution in [2.45, 2.75) is 128 Å². The summed E-state index contributed by atoms with van der Waals surface area (Å²) in [5, 5.41) is 13.0. The number of pyridine rings is 2. The van der Waals surface area contributed by atoms with E-state index < -0.39 is 35.8 Å². The molecule has 4 N–H and O–H groups in total. The minimum atomic E-state index is -1.04. The number of hydrogen-bond donors (Lipinski definition) is 3. The number of rotatable bonds is 24. The third-order valence-electron chi connectivity index (χ3n) is 8.68. The summed E-state index contributed by atoms with van der Waals surface area (Å²) in [5.41, 5.74) is 7.13. The molecule has 2 aromatic heterocycles. The van der Waals surface area contributed by atoms with Crippen LogP contribution in [-0.4, -0.2) is 55.7 Å². The number of hydrogen-bond acceptors (Lipinski definition) is 6. The number of para-hydroxylation sites is 1. The molecule has 1 aromatic carbocycles. The zero-order chi connectivity index (χ0) is 34.6. The third kappa shape index (κ3) is 13.8. The highest BCUT2D eigenvalue weighted by atomic mass is 16.4. The van der Waals surface area contributed by atoms with Crippen molar-refractivity contribution < 1.29 is 24.3 Å². The van der Waals surface area contributed by atoms with Gasteiger partial charge in [0.05, 0.1) is 17.8 Å². The van der Waals surface area contributed by atoms with Gasteiger partial charge in [0.25, 0.3) is 5.91 Å². The number of benzene rings is 1. The summed E-state index contributed by atoms with van der Waals surface area (Å²) < 4.78 is 0. The van der Waals surface area contributed by atoms with Gasteiger partial charge in [-0.05, 0) is 43.5 Å². The lowest BCUT2D eigenvalue weighted by molar-refractivity contribution is -0.139. The van der Waals surface area contributed by atoms with E-state index in [1.165, 1.54) is 44.9 Å². The van der Waals surface area contributed by atoms with Gasteiger partial charge in [-0.2, -0.15) is 0 Å². The molecule has 0 saturated heterocycles. The zero-order valence-corrected chi connectivity index (χ0v) is 28.4. The highest BCUT2D eigenvalue weighted by molar-refractivity contribution is 5.98. The Morgan fingerprint density at radius 1 is 0.812 bits per heavy atom. The van der Waals surface area contributed by atoms with Gasteiger partial charge in [0, 0.05) is 30.5 Å². The maximum Gasteiger partial charge on any atom is 0.303 e. The smallest absolute Gasteiger partial charge is 0.303 e. The van der Waals surface area contributed by atoms with E-state index in [9.17, 15) is 24.3 Å². The van der Waals surface area contributed by atoms with E-state index in [0.717, 1.165) is 31.1 Å². The van der Waals surface area contributed by atoms with Gasteiger partial charge in [-0.25, -0.2) is 4.98 Å². The van der Waals surface area contributed by atoms with Crippen LogP contribution in [0.3, 0.4) is 0 Å². The number of primary amides is 1. The molecule has 0 unspecified atom stereocenters. The standard InChI is InChI=1S/C38H53N5O5/c1-2-3-4-5-6-7-8-9-10-11-12-20-31(27-35(39)44)43(28-30-19-15-16-26-40-30)38(48)34(22-17-23-36(45)46)42-37(47)33-25-24-29-18-13-14-21-32(29)41-33/h13-16,18-19,21,24-26,31,34H,2-12,17,20,22-23,27-28H2,1H3,(H2,39,44)(H,42,47)(H,45,46)/t31-,34-/m0/s1. The average molecular weight is 660 g/mol. The Morgan fingerprint density at radius 2 is 1.48 bits per heavy atom. The van der Waals surface area contributed by atoms with Crippen LogP contribution in [0.2, 0.25) is 0 Å². The molecular weight excluding hydrogens is 606 g/mol. The Hall–Kier alpha value is -4.34. The fraction of sp³-hybridized carbons (Fsp3) is 0.526. The summed E-state index contributed by atoms with van der Waals surface area (Å²) in [4.78, 5) is 62.0. The van der Waals surface area contributed by atoms with E-state index in [0.29, 0.717) is 17.6 Å². The predicted molar refractivity (Wildman–Crippen MR) is 188 cm³/mol. The maximum absolute atomic E-state index is 14.4. The third-order valence-corrected chi connectivity index (χ3v) is 8.68. The number of amides is 3. The SMILES string of the molecule is CCCCCCCCCCCCC[C@@H](CC(N)=O)N(Cc1ccccn1)C(=O)[C@H](CCCC(=O)O)NC(=O)c1ccc2ccccc2n1. The molecule has 2 atom stereocenters. The van der Waals surface area contributed by atoms with Gasteiger partial charge in [-0.3, -0.25) is 24.2 Å². The number of unbranched alkanes of at least 4 members (excludes halogenated alkanes) is 10. The molecule has 0 bridgehead atoms. The number of fused-ring (bicyclic) bond motifs is 1. The Balaban J connectivity index is 1.75. The Kier molecular flexibility index (Phi) is 17.1. The number of nitrogens with two attached hydrogens (primary N) is 1. The molecule has 3 amide bonds. The second-order valence-corrected chi connectivity index (χ2v) is 12.6. The molecule has 0 saturated carbocycles. The van der Waals surface area contributed by atoms with Crippen LogP contribution in [0.25, 0.3) is 10.9 Å². The first-order valence-corrected chi connectivity index (χ1v) is 17.7. The molecule has 0 aliphatic heterocycles. The molecule has 10 heteroatoms. The van der Waals surface area contributed by atoms with Crippen molar-refractivity contribution in [3.63, 3.8) is 0 Å². The maximum atomic E-state index is 14.4. The van der Waals surface area contributed by atoms with Gasteiger partial charge >= 0.3 is 5.97 Å². The fourth-order valence-corrected chi connectivity index (χ4v) is 6.04. The van der Waals surface area contributed by atoms with Crippen LogP contribution in [0.5, 0.6) is 0 Å². The Labute approximate surface area is 284 Å². The fourth-order valence-electron chi connectivity index (χ4n) is 6.04. The second kappa shape index (κ2) is 21.5. The van der Waals surface area contributed by atoms with Crippen molar-refractivity contribution in [3.05, 3.63) is 72.2 Å². The largest absolute Gasteiger partial charge is 0.481 e. The van der Waals surface area contributed by atoms with Crippen molar-refractivity contribution in [1.82, 2.24) is 20.2 Å². The monoisotopic (exact) mass is 659 g/mol. The second-order valence-electron chi connectivity index (χ2n) is 12.6. The predicted octanol–water partition coefficient (Wildman–Crippen LogP) is 6.96. The van der Waals surface area contributed by atoms with Crippen molar-refractivity contribution in [3.8, 4) is 0 Å².